The zero-order valence-electron chi connectivity index (χ0n) is 15.4. The van der Waals surface area contributed by atoms with E-state index in [-0.39, 0.29) is 5.91 Å². The second kappa shape index (κ2) is 9.00. The molecule has 1 fully saturated rings. The highest BCUT2D eigenvalue weighted by Crippen LogP contribution is 2.25. The average molecular weight is 338 g/mol. The van der Waals surface area contributed by atoms with Gasteiger partial charge in [-0.15, -0.1) is 0 Å². The number of likely N-dealkylation sites (tertiary alicyclic amines) is 1. The van der Waals surface area contributed by atoms with E-state index in [1.807, 2.05) is 30.0 Å². The number of carbonyl (C=O) groups excluding carboxylic acids is 1. The van der Waals surface area contributed by atoms with Crippen molar-refractivity contribution in [3.63, 3.8) is 0 Å². The molecule has 0 atom stereocenters. The van der Waals surface area contributed by atoms with Crippen LogP contribution in [0.5, 0.6) is 0 Å². The smallest absolute Gasteiger partial charge is 0.226 e. The summed E-state index contributed by atoms with van der Waals surface area (Å²) in [6.45, 7) is 5.26. The number of hydrogen-bond acceptors (Lipinski definition) is 2. The summed E-state index contributed by atoms with van der Waals surface area (Å²) >= 11 is 0. The molecule has 0 aromatic heterocycles. The Morgan fingerprint density at radius 3 is 2.56 bits per heavy atom. The summed E-state index contributed by atoms with van der Waals surface area (Å²) in [4.78, 5) is 17.1. The van der Waals surface area contributed by atoms with Gasteiger partial charge in [-0.05, 0) is 44.2 Å². The molecule has 1 amide bonds. The number of anilines is 1. The summed E-state index contributed by atoms with van der Waals surface area (Å²) < 4.78 is 0. The predicted octanol–water partition coefficient (Wildman–Crippen LogP) is 4.56. The van der Waals surface area contributed by atoms with Gasteiger partial charge in [-0.3, -0.25) is 4.79 Å². The van der Waals surface area contributed by atoms with Crippen molar-refractivity contribution >= 4 is 11.6 Å². The van der Waals surface area contributed by atoms with Crippen molar-refractivity contribution in [2.75, 3.05) is 24.5 Å². The molecule has 1 heterocycles. The Kier molecular flexibility index (Phi) is 6.46. The van der Waals surface area contributed by atoms with Crippen LogP contribution in [0.25, 0.3) is 0 Å². The highest BCUT2D eigenvalue weighted by molar-refractivity contribution is 5.93. The van der Waals surface area contributed by atoms with E-state index in [4.69, 9.17) is 0 Å². The number of benzene rings is 1. The lowest BCUT2D eigenvalue weighted by Crippen LogP contribution is -2.47. The molecule has 134 valence electrons. The van der Waals surface area contributed by atoms with Crippen molar-refractivity contribution in [1.82, 2.24) is 4.90 Å². The van der Waals surface area contributed by atoms with E-state index in [2.05, 4.69) is 35.3 Å². The molecule has 2 aliphatic rings. The number of carbonyl (C=O) groups is 1. The maximum absolute atomic E-state index is 12.5. The number of allylic oxidation sites excluding steroid dienone is 3. The van der Waals surface area contributed by atoms with Crippen molar-refractivity contribution < 1.29 is 4.79 Å². The largest absolute Gasteiger partial charge is 0.309 e. The van der Waals surface area contributed by atoms with E-state index in [1.165, 1.54) is 18.4 Å². The molecule has 1 aromatic rings. The van der Waals surface area contributed by atoms with Crippen molar-refractivity contribution in [2.24, 2.45) is 0 Å². The molecule has 0 spiro atoms. The van der Waals surface area contributed by atoms with Gasteiger partial charge in [-0.25, -0.2) is 0 Å². The second-order valence-electron chi connectivity index (χ2n) is 7.03. The van der Waals surface area contributed by atoms with Crippen LogP contribution in [0.4, 0.5) is 5.69 Å². The summed E-state index contributed by atoms with van der Waals surface area (Å²) in [6, 6.07) is 10.5. The van der Waals surface area contributed by atoms with Gasteiger partial charge in [0.1, 0.15) is 0 Å². The fraction of sp³-hybridized carbons (Fsp3) is 0.500. The SMILES string of the molecule is CCC(=O)N(c1ccccc1)C1CCN(CCC2=CCCC=C2)CC1. The number of nitrogens with zero attached hydrogens (tertiary/aromatic N) is 2. The Morgan fingerprint density at radius 1 is 1.16 bits per heavy atom. The van der Waals surface area contributed by atoms with Crippen LogP contribution in [0.15, 0.2) is 54.1 Å². The van der Waals surface area contributed by atoms with Crippen molar-refractivity contribution in [3.8, 4) is 0 Å². The zero-order chi connectivity index (χ0) is 17.5. The molecular weight excluding hydrogens is 308 g/mol. The fourth-order valence-electron chi connectivity index (χ4n) is 3.86. The standard InChI is InChI=1S/C22H30N2O/c1-2-22(25)24(20-11-7-4-8-12-20)21-14-17-23(18-15-21)16-13-19-9-5-3-6-10-19/h4-5,7-12,21H,2-3,6,13-18H2,1H3. The zero-order valence-corrected chi connectivity index (χ0v) is 15.4. The molecule has 0 N–H and O–H groups in total. The van der Waals surface area contributed by atoms with Gasteiger partial charge in [0.2, 0.25) is 5.91 Å². The van der Waals surface area contributed by atoms with Gasteiger partial charge in [0, 0.05) is 37.8 Å². The van der Waals surface area contributed by atoms with Gasteiger partial charge in [0.05, 0.1) is 0 Å². The van der Waals surface area contributed by atoms with E-state index >= 15 is 0 Å². The average Bonchev–Trinajstić information content (AvgIpc) is 2.69. The van der Waals surface area contributed by atoms with Gasteiger partial charge in [-0.2, -0.15) is 0 Å². The molecule has 0 saturated carbocycles. The van der Waals surface area contributed by atoms with E-state index in [1.54, 1.807) is 0 Å². The molecule has 3 heteroatoms. The Bertz CT molecular complexity index is 612. The van der Waals surface area contributed by atoms with Crippen LogP contribution in [0, 0.1) is 0 Å². The first-order valence-electron chi connectivity index (χ1n) is 9.73. The minimum atomic E-state index is 0.238. The first-order valence-corrected chi connectivity index (χ1v) is 9.73. The molecule has 3 nitrogen and oxygen atoms in total. The summed E-state index contributed by atoms with van der Waals surface area (Å²) in [6.07, 6.45) is 13.2. The number of para-hydroxylation sites is 1. The van der Waals surface area contributed by atoms with Gasteiger partial charge in [0.15, 0.2) is 0 Å². The lowest BCUT2D eigenvalue weighted by Gasteiger charge is -2.38. The number of amides is 1. The topological polar surface area (TPSA) is 23.6 Å². The van der Waals surface area contributed by atoms with Gasteiger partial charge in [-0.1, -0.05) is 48.9 Å². The Balaban J connectivity index is 1.55. The third-order valence-electron chi connectivity index (χ3n) is 5.32. The van der Waals surface area contributed by atoms with Crippen LogP contribution in [0.2, 0.25) is 0 Å². The minimum absolute atomic E-state index is 0.238. The Morgan fingerprint density at radius 2 is 1.92 bits per heavy atom. The third kappa shape index (κ3) is 4.82. The first kappa shape index (κ1) is 17.9. The molecular formula is C22H30N2O. The molecule has 1 aliphatic heterocycles. The third-order valence-corrected chi connectivity index (χ3v) is 5.32. The molecule has 0 unspecified atom stereocenters. The molecule has 0 radical (unpaired) electrons. The first-order chi connectivity index (χ1) is 12.3. The molecule has 1 aromatic carbocycles. The summed E-state index contributed by atoms with van der Waals surface area (Å²) in [5.41, 5.74) is 2.53. The quantitative estimate of drug-likeness (QED) is 0.759. The van der Waals surface area contributed by atoms with Gasteiger partial charge in [0.25, 0.3) is 0 Å². The number of rotatable bonds is 6. The molecule has 3 rings (SSSR count). The van der Waals surface area contributed by atoms with E-state index in [0.29, 0.717) is 12.5 Å². The fourth-order valence-corrected chi connectivity index (χ4v) is 3.86. The maximum atomic E-state index is 12.5. The second-order valence-corrected chi connectivity index (χ2v) is 7.03. The van der Waals surface area contributed by atoms with E-state index in [0.717, 1.165) is 44.6 Å². The van der Waals surface area contributed by atoms with Crippen molar-refractivity contribution in [1.29, 1.82) is 0 Å². The van der Waals surface area contributed by atoms with Crippen LogP contribution >= 0.6 is 0 Å². The normalized spacial score (nSPS) is 18.8. The summed E-state index contributed by atoms with van der Waals surface area (Å²) in [5, 5.41) is 0. The van der Waals surface area contributed by atoms with Gasteiger partial charge < -0.3 is 9.80 Å². The van der Waals surface area contributed by atoms with Crippen molar-refractivity contribution in [3.05, 3.63) is 54.1 Å². The van der Waals surface area contributed by atoms with Crippen molar-refractivity contribution in [2.45, 2.75) is 51.5 Å². The maximum Gasteiger partial charge on any atom is 0.226 e. The van der Waals surface area contributed by atoms with Crippen LogP contribution in [0.3, 0.4) is 0 Å². The van der Waals surface area contributed by atoms with Crippen LogP contribution in [0.1, 0.15) is 45.4 Å². The minimum Gasteiger partial charge on any atom is -0.309 e. The molecule has 25 heavy (non-hydrogen) atoms. The van der Waals surface area contributed by atoms with E-state index < -0.39 is 0 Å². The van der Waals surface area contributed by atoms with Crippen LogP contribution < -0.4 is 4.90 Å². The van der Waals surface area contributed by atoms with E-state index in [9.17, 15) is 4.79 Å². The lowest BCUT2D eigenvalue weighted by molar-refractivity contribution is -0.119. The summed E-state index contributed by atoms with van der Waals surface area (Å²) in [7, 11) is 0. The predicted molar refractivity (Wildman–Crippen MR) is 105 cm³/mol. The summed E-state index contributed by atoms with van der Waals surface area (Å²) in [5.74, 6) is 0.238. The lowest BCUT2D eigenvalue weighted by atomic mass is 10.00. The Hall–Kier alpha value is -1.87. The van der Waals surface area contributed by atoms with Gasteiger partial charge >= 0.3 is 0 Å². The monoisotopic (exact) mass is 338 g/mol. The Labute approximate surface area is 152 Å². The number of hydrogen-bond donors (Lipinski definition) is 0. The molecule has 1 aliphatic carbocycles. The van der Waals surface area contributed by atoms with Crippen LogP contribution in [-0.4, -0.2) is 36.5 Å². The highest BCUT2D eigenvalue weighted by Gasteiger charge is 2.28. The number of piperidine rings is 1. The van der Waals surface area contributed by atoms with Crippen LogP contribution in [-0.2, 0) is 4.79 Å². The molecule has 0 bridgehead atoms. The highest BCUT2D eigenvalue weighted by atomic mass is 16.2. The molecule has 1 saturated heterocycles.